The Bertz CT molecular complexity index is 1090. The summed E-state index contributed by atoms with van der Waals surface area (Å²) in [6.07, 6.45) is 4.24. The molecule has 1 saturated heterocycles. The van der Waals surface area contributed by atoms with Gasteiger partial charge in [-0.25, -0.2) is 0 Å². The highest BCUT2D eigenvalue weighted by Crippen LogP contribution is 2.27. The normalized spacial score (nSPS) is 16.3. The zero-order chi connectivity index (χ0) is 24.8. The Labute approximate surface area is 211 Å². The molecule has 2 aliphatic heterocycles. The summed E-state index contributed by atoms with van der Waals surface area (Å²) in [4.78, 5) is 36.5. The van der Waals surface area contributed by atoms with Crippen LogP contribution in [0.25, 0.3) is 0 Å². The van der Waals surface area contributed by atoms with Gasteiger partial charge in [-0.05, 0) is 75.0 Å². The number of carbonyl (C=O) groups excluding carboxylic acids is 1. The first kappa shape index (κ1) is 25.1. The molecule has 186 valence electrons. The Kier molecular flexibility index (Phi) is 8.35. The lowest BCUT2D eigenvalue weighted by Crippen LogP contribution is -2.45. The van der Waals surface area contributed by atoms with E-state index >= 15 is 0 Å². The van der Waals surface area contributed by atoms with Gasteiger partial charge in [-0.2, -0.15) is 15.0 Å². The predicted molar refractivity (Wildman–Crippen MR) is 142 cm³/mol. The first-order chi connectivity index (χ1) is 16.9. The van der Waals surface area contributed by atoms with E-state index in [9.17, 15) is 4.79 Å². The van der Waals surface area contributed by atoms with E-state index in [-0.39, 0.29) is 11.9 Å². The molecule has 0 spiro atoms. The molecule has 35 heavy (non-hydrogen) atoms. The monoisotopic (exact) mass is 494 g/mol. The number of nitrogens with zero attached hydrogens (tertiary/aromatic N) is 6. The maximum atomic E-state index is 12.3. The first-order valence-electron chi connectivity index (χ1n) is 12.2. The van der Waals surface area contributed by atoms with Crippen molar-refractivity contribution in [2.45, 2.75) is 49.7 Å². The second-order valence-corrected chi connectivity index (χ2v) is 10.2. The molecule has 2 aliphatic rings. The molecule has 4 rings (SSSR count). The molecule has 1 aromatic carbocycles. The quantitative estimate of drug-likeness (QED) is 0.576. The van der Waals surface area contributed by atoms with Crippen molar-refractivity contribution in [1.29, 1.82) is 0 Å². The Balaban J connectivity index is 1.54. The number of piperazine rings is 1. The zero-order valence-electron chi connectivity index (χ0n) is 20.9. The van der Waals surface area contributed by atoms with Crippen LogP contribution >= 0.6 is 11.8 Å². The third kappa shape index (κ3) is 7.02. The van der Waals surface area contributed by atoms with Crippen LogP contribution in [0.5, 0.6) is 0 Å². The minimum atomic E-state index is -0.0756. The van der Waals surface area contributed by atoms with Crippen LogP contribution in [0, 0.1) is 0 Å². The zero-order valence-corrected chi connectivity index (χ0v) is 21.7. The number of anilines is 2. The van der Waals surface area contributed by atoms with Crippen LogP contribution < -0.4 is 15.5 Å². The topological polar surface area (TPSA) is 98.6 Å². The largest absolute Gasteiger partial charge is 0.350 e. The van der Waals surface area contributed by atoms with E-state index in [2.05, 4.69) is 50.5 Å². The van der Waals surface area contributed by atoms with E-state index in [0.29, 0.717) is 22.6 Å². The molecule has 0 bridgehead atoms. The number of hydrogen-bond acceptors (Lipinski definition) is 9. The summed E-state index contributed by atoms with van der Waals surface area (Å²) >= 11 is 1.46. The second kappa shape index (κ2) is 11.6. The third-order valence-electron chi connectivity index (χ3n) is 5.74. The maximum Gasteiger partial charge on any atom is 0.251 e. The standard InChI is InChI=1S/C25H34N8OS/c1-5-6-18-15-21(26-16-18)28-23-29-24(33-13-11-32(4)12-14-33)31-25(30-23)35-20-9-7-19(8-10-20)22(34)27-17(2)3/h7-10,15,17H,5-6,11-14,16H2,1-4H3,(H,27,34)(H,26,28,29,30,31). The smallest absolute Gasteiger partial charge is 0.251 e. The third-order valence-corrected chi connectivity index (χ3v) is 6.61. The summed E-state index contributed by atoms with van der Waals surface area (Å²) in [5.41, 5.74) is 1.95. The Morgan fingerprint density at radius 2 is 1.83 bits per heavy atom. The van der Waals surface area contributed by atoms with E-state index in [0.717, 1.165) is 56.3 Å². The fourth-order valence-electron chi connectivity index (χ4n) is 3.85. The predicted octanol–water partition coefficient (Wildman–Crippen LogP) is 3.46. The molecule has 2 aromatic rings. The number of amidine groups is 1. The molecule has 1 amide bonds. The Hall–Kier alpha value is -2.98. The molecule has 0 aliphatic carbocycles. The highest BCUT2D eigenvalue weighted by atomic mass is 32.2. The molecule has 0 atom stereocenters. The van der Waals surface area contributed by atoms with Gasteiger partial charge in [-0.1, -0.05) is 13.3 Å². The van der Waals surface area contributed by atoms with Crippen molar-refractivity contribution in [3.05, 3.63) is 41.5 Å². The van der Waals surface area contributed by atoms with Gasteiger partial charge in [-0.3, -0.25) is 9.79 Å². The fraction of sp³-hybridized carbons (Fsp3) is 0.480. The molecule has 9 nitrogen and oxygen atoms in total. The van der Waals surface area contributed by atoms with Gasteiger partial charge in [0.1, 0.15) is 5.84 Å². The SMILES string of the molecule is CCCC1=CC(Nc2nc(Sc3ccc(C(=O)NC(C)C)cc3)nc(N3CCN(C)CC3)n2)=NC1. The number of nitrogens with one attached hydrogen (secondary N) is 2. The molecule has 1 fully saturated rings. The van der Waals surface area contributed by atoms with Crippen LogP contribution in [0.3, 0.4) is 0 Å². The molecule has 0 saturated carbocycles. The molecule has 10 heteroatoms. The number of aliphatic imine (C=N–C) groups is 1. The van der Waals surface area contributed by atoms with Gasteiger partial charge in [0.05, 0.1) is 6.54 Å². The number of amides is 1. The summed E-state index contributed by atoms with van der Waals surface area (Å²) in [6, 6.07) is 7.60. The number of benzene rings is 1. The van der Waals surface area contributed by atoms with Crippen LogP contribution in [0.4, 0.5) is 11.9 Å². The van der Waals surface area contributed by atoms with Crippen LogP contribution in [-0.2, 0) is 0 Å². The van der Waals surface area contributed by atoms with Gasteiger partial charge in [0.2, 0.25) is 11.9 Å². The van der Waals surface area contributed by atoms with E-state index in [1.54, 1.807) is 0 Å². The minimum absolute atomic E-state index is 0.0756. The van der Waals surface area contributed by atoms with E-state index in [4.69, 9.17) is 9.97 Å². The average molecular weight is 495 g/mol. The molecular formula is C25H34N8OS. The van der Waals surface area contributed by atoms with E-state index in [1.807, 2.05) is 38.1 Å². The summed E-state index contributed by atoms with van der Waals surface area (Å²) in [5.74, 6) is 1.88. The molecule has 2 N–H and O–H groups in total. The Morgan fingerprint density at radius 1 is 1.09 bits per heavy atom. The number of hydrogen-bond donors (Lipinski definition) is 2. The van der Waals surface area contributed by atoms with Gasteiger partial charge in [0.15, 0.2) is 5.16 Å². The highest BCUT2D eigenvalue weighted by Gasteiger charge is 2.20. The van der Waals surface area contributed by atoms with Crippen molar-refractivity contribution in [2.75, 3.05) is 50.0 Å². The Morgan fingerprint density at radius 3 is 2.51 bits per heavy atom. The van der Waals surface area contributed by atoms with E-state index < -0.39 is 0 Å². The molecular weight excluding hydrogens is 460 g/mol. The van der Waals surface area contributed by atoms with Gasteiger partial charge in [-0.15, -0.1) is 0 Å². The van der Waals surface area contributed by atoms with Crippen molar-refractivity contribution in [3.63, 3.8) is 0 Å². The lowest BCUT2D eigenvalue weighted by Gasteiger charge is -2.32. The number of aromatic nitrogens is 3. The van der Waals surface area contributed by atoms with Gasteiger partial charge in [0.25, 0.3) is 5.91 Å². The summed E-state index contributed by atoms with van der Waals surface area (Å²) in [7, 11) is 2.13. The van der Waals surface area contributed by atoms with Gasteiger partial charge in [0, 0.05) is 42.7 Å². The molecule has 0 radical (unpaired) electrons. The number of carbonyl (C=O) groups is 1. The van der Waals surface area contributed by atoms with Crippen molar-refractivity contribution < 1.29 is 4.79 Å². The van der Waals surface area contributed by atoms with Crippen LogP contribution in [0.15, 0.2) is 51.0 Å². The maximum absolute atomic E-state index is 12.3. The van der Waals surface area contributed by atoms with Crippen LogP contribution in [-0.4, -0.2) is 77.4 Å². The lowest BCUT2D eigenvalue weighted by atomic mass is 10.1. The second-order valence-electron chi connectivity index (χ2n) is 9.17. The number of rotatable bonds is 8. The molecule has 3 heterocycles. The number of likely N-dealkylation sites (N-methyl/N-ethyl adjacent to an activating group) is 1. The minimum Gasteiger partial charge on any atom is -0.350 e. The first-order valence-corrected chi connectivity index (χ1v) is 13.0. The van der Waals surface area contributed by atoms with E-state index in [1.165, 1.54) is 17.3 Å². The van der Waals surface area contributed by atoms with Crippen LogP contribution in [0.2, 0.25) is 0 Å². The highest BCUT2D eigenvalue weighted by molar-refractivity contribution is 7.99. The van der Waals surface area contributed by atoms with Gasteiger partial charge >= 0.3 is 0 Å². The van der Waals surface area contributed by atoms with Crippen molar-refractivity contribution in [3.8, 4) is 0 Å². The molecule has 0 unspecified atom stereocenters. The summed E-state index contributed by atoms with van der Waals surface area (Å²) < 4.78 is 0. The lowest BCUT2D eigenvalue weighted by molar-refractivity contribution is 0.0943. The average Bonchev–Trinajstić information content (AvgIpc) is 3.26. The van der Waals surface area contributed by atoms with Crippen molar-refractivity contribution in [2.24, 2.45) is 4.99 Å². The fourth-order valence-corrected chi connectivity index (χ4v) is 4.60. The van der Waals surface area contributed by atoms with Gasteiger partial charge < -0.3 is 20.4 Å². The molecule has 1 aromatic heterocycles. The summed E-state index contributed by atoms with van der Waals surface area (Å²) in [5, 5.41) is 6.81. The summed E-state index contributed by atoms with van der Waals surface area (Å²) in [6.45, 7) is 10.5. The van der Waals surface area contributed by atoms with Crippen molar-refractivity contribution >= 4 is 35.4 Å². The van der Waals surface area contributed by atoms with Crippen LogP contribution in [0.1, 0.15) is 44.0 Å². The van der Waals surface area contributed by atoms with Crippen molar-refractivity contribution in [1.82, 2.24) is 25.2 Å².